The minimum Gasteiger partial charge on any atom is -0.508 e. The number of pyridine rings is 2. The summed E-state index contributed by atoms with van der Waals surface area (Å²) in [4.78, 5) is 76.3. The molecule has 0 fully saturated rings. The number of aromatic nitrogens is 2. The number of nitrogens with two attached hydrogens (primary N) is 2. The van der Waals surface area contributed by atoms with Crippen LogP contribution in [0.25, 0.3) is 21.8 Å². The third-order valence-corrected chi connectivity index (χ3v) is 18.1. The van der Waals surface area contributed by atoms with E-state index in [9.17, 15) is 59.6 Å². The van der Waals surface area contributed by atoms with Crippen molar-refractivity contribution in [3.8, 4) is 46.0 Å². The number of benzene rings is 10. The van der Waals surface area contributed by atoms with Gasteiger partial charge in [0.15, 0.2) is 0 Å². The normalized spacial score (nSPS) is 24.8. The Hall–Kier alpha value is -13.0. The number of halogens is 2. The Balaban J connectivity index is 0.00000289. The van der Waals surface area contributed by atoms with Crippen molar-refractivity contribution in [1.82, 2.24) is 9.97 Å². The first-order chi connectivity index (χ1) is 111. The number of rotatable bonds is 6. The number of methoxy groups -OCH3 is 1. The summed E-state index contributed by atoms with van der Waals surface area (Å²) in [6.07, 6.45) is 0.675. The highest BCUT2D eigenvalue weighted by Gasteiger charge is 2.34. The Morgan fingerprint density at radius 3 is 1.19 bits per heavy atom. The Bertz CT molecular complexity index is 10700. The number of carboxylic acids is 1. The number of phenolic OH excluding ortho intramolecular Hbond substituents is 7. The Morgan fingerprint density at radius 1 is 0.409 bits per heavy atom. The summed E-state index contributed by atoms with van der Waals surface area (Å²) >= 11 is 3.89. The van der Waals surface area contributed by atoms with E-state index in [4.69, 9.17) is 172 Å². The standard InChI is InChI=1S/C24H28N2O3.C16H24O3.C14H21NO3.2C14H23NO.C14H22O.C10H7NO3.2C6H6O.C4H10O.CH4.2ClH/c1-23(2,3)16-11-17(24(4,5)6)20(27)12-19(16)26-22(29)15-13-25-18-10-8-7-9-14(18)21(15)28;1-15(2,3)11-8-9-13(19-14(17)18-7)12(10-11)16(4,5)6;1-13(2,3)9-7-10(14(4,5)6)12(16)8-11(9)15(17)18;2*1-13(2,3)9-7-10(14(4,5)6)12(16)8-11(9)15;1-13(2,3)10-7-8-12(15)11(9-10)14(4,5)6;12-9-6-3-1-2-4-8(6)11-5-7(9)10(13)14;2*7-6-4-2-1-3-5-6;1-4(2,3)5;;;/h7-13,27H,1-6H3,(H,25,28)(H,26,29);8-10H,1-7H3;7-8,16H,1-6H3;2*7-8,16H,15H2,1-6H3;7-9,15H,1-6H3;1-5H,(H,11,12)(H,13,14);2*1-5,7H;5H,1-3H3;1H4;2*1H/i1D3,2D3,4D3,5D3,6D3;1D3,2D3,4D3,5D3,6D3,9D;2*1D3,2D3,4D3,5D3,6D3,8D;1D3,2D3,4D3,5D3,6D3;1D3,2D3,4D3,5D3,6D3,8D;;1D,4D,5D;;1D3,2D3,5D;;;/hD2. The van der Waals surface area contributed by atoms with E-state index in [0.29, 0.717) is 90.6 Å². The van der Waals surface area contributed by atoms with Gasteiger partial charge in [-0.1, -0.05) is 339 Å². The molecule has 0 aliphatic rings. The van der Waals surface area contributed by atoms with Crippen LogP contribution in [0.4, 0.5) is 27.5 Å². The van der Waals surface area contributed by atoms with E-state index in [-0.39, 0.29) is 60.7 Å². The van der Waals surface area contributed by atoms with Gasteiger partial charge >= 0.3 is 12.1 Å². The van der Waals surface area contributed by atoms with Crippen LogP contribution in [0.2, 0.25) is 0 Å². The van der Waals surface area contributed by atoms with Crippen molar-refractivity contribution in [3.63, 3.8) is 0 Å². The van der Waals surface area contributed by atoms with Crippen LogP contribution in [0.3, 0.4) is 0 Å². The number of aliphatic hydroxyl groups is 1. The molecular weight excluding hydrogens is 1920 g/mol. The number of fused-ring (bicyclic) bond motifs is 2. The lowest BCUT2D eigenvalue weighted by molar-refractivity contribution is -0.386. The zero-order valence-electron chi connectivity index (χ0n) is 185. The molecule has 2 heterocycles. The van der Waals surface area contributed by atoms with Crippen molar-refractivity contribution in [2.75, 3.05) is 23.9 Å². The molecule has 16 N–H and O–H groups in total. The van der Waals surface area contributed by atoms with E-state index in [1.54, 1.807) is 60.7 Å². The number of para-hydroxylation sites is 4. The molecule has 12 aromatic rings. The number of anilines is 3. The fourth-order valence-corrected chi connectivity index (χ4v) is 11.2. The van der Waals surface area contributed by atoms with Gasteiger partial charge in [-0.3, -0.25) is 24.5 Å². The quantitative estimate of drug-likeness (QED) is 0.0242. The first-order valence-electron chi connectivity index (χ1n) is 93.0. The molecule has 0 unspecified atom stereocenters. The van der Waals surface area contributed by atoms with Crippen LogP contribution in [-0.4, -0.2) is 95.6 Å². The molecule has 149 heavy (non-hydrogen) atoms. The third kappa shape index (κ3) is 43.2. The van der Waals surface area contributed by atoms with Crippen molar-refractivity contribution in [2.45, 2.75) is 346 Å². The molecule has 0 atom stereocenters. The zero-order valence-corrected chi connectivity index (χ0v) is 80.2. The number of nitro groups is 1. The summed E-state index contributed by atoms with van der Waals surface area (Å²) in [5.41, 5.74) is -49.4. The molecule has 12 rings (SSSR count). The summed E-state index contributed by atoms with van der Waals surface area (Å²) in [5, 5.41) is 92.4. The van der Waals surface area contributed by atoms with Gasteiger partial charge in [0, 0.05) is 218 Å². The predicted molar refractivity (Wildman–Crippen MR) is 623 cm³/mol. The molecule has 0 bridgehead atoms. The van der Waals surface area contributed by atoms with E-state index in [1.807, 2.05) is 6.07 Å². The molecule has 0 radical (unpaired) electrons. The topological polar surface area (TPSA) is 425 Å². The molecule has 0 spiro atoms. The van der Waals surface area contributed by atoms with Gasteiger partial charge in [0.2, 0.25) is 12.3 Å². The lowest BCUT2D eigenvalue weighted by atomic mass is 9.79. The molecule has 0 aliphatic heterocycles. The number of nitrogen functional groups attached to an aromatic ring is 2. The van der Waals surface area contributed by atoms with Crippen LogP contribution < -0.4 is 32.4 Å². The van der Waals surface area contributed by atoms with Crippen LogP contribution in [0.15, 0.2) is 216 Å². The third-order valence-electron chi connectivity index (χ3n) is 18.1. The van der Waals surface area contributed by atoms with Gasteiger partial charge in [-0.05, 0) is 221 Å². The second-order valence-electron chi connectivity index (χ2n) is 32.2. The highest BCUT2D eigenvalue weighted by Crippen LogP contribution is 2.46. The van der Waals surface area contributed by atoms with Gasteiger partial charge in [-0.15, -0.1) is 24.7 Å². The smallest absolute Gasteiger partial charge is 0.508 e. The summed E-state index contributed by atoms with van der Waals surface area (Å²) in [5.74, 6) is -10.3. The number of carbonyl (C=O) groups is 3. The SMILES string of the molecule is C.Cl.O=C(O)c1c[nH]c2ccccc2c1=O.Oc1ccccc1.[2H]C([2H])([2H])C(C)(c1cc(C(C([2H])([2H])[2H])(C([2H])([2H])[2H])C([2H])([2H])[2H])c(O)cc1N)C([2H])([2H])[2H].[2H]C([2H])([2H])C(C)(c1cc(C(C([2H])([2H])[2H])(C([2H])([2H])[2H])C([2H])([2H])[2H])c(O)cc1NC(=O)c1c[nH]c2ccccc2c1=O)C([2H])([2H])[2H].[2H]Cl.[2H]OC(C)(C([2H])([2H])[2H])C([2H])([2H])[2H].[2H]Oc1c([2H])cc([2H])cc1[2H].[2H]c1c(N)c(C(C)(C([2H])([2H])[2H])C([2H])([2H])[2H])cc(C(C([2H])([2H])[2H])(C([2H])([2H])[2H])C([2H])([2H])[2H])c1O.[2H]c1c(O)c(C(C([2H])([2H])[2H])(C([2H])([2H])[2H])C([2H])([2H])[2H])cc(C(C)(C([2H])([2H])[2H])C([2H])([2H])[2H])c1[N+](=O)[O-].[2H]c1cc(C(C)(C([2H])([2H])[2H])C([2H])([2H])[2H])cc(C(C([2H])([2H])[2H])(C([2H])([2H])[2H])C([2H])([2H])[2H])c1O.[2H]c1cc(C(C)(C([2H])([2H])[2H])C([2H])([2H])[2H])cc(C(C([2H])([2H])[2H])(C([2H])([2H])[2H])C([2H])([2H])[2H])c1OC(=O)OC. The Kier molecular flexibility index (Phi) is 15.4. The number of ether oxygens (including phenoxy) is 2. The number of aromatic amines is 2. The number of aromatic hydroxyl groups is 7. The first kappa shape index (κ1) is 42.7. The lowest BCUT2D eigenvalue weighted by Crippen LogP contribution is -2.25. The average molecular weight is 2200 g/mol. The van der Waals surface area contributed by atoms with Crippen LogP contribution >= 0.6 is 24.7 Å². The maximum absolute atomic E-state index is 13.4. The molecule has 2 aromatic heterocycles. The summed E-state index contributed by atoms with van der Waals surface area (Å²) < 4.78 is 826. The highest BCUT2D eigenvalue weighted by molar-refractivity contribution is 6.06. The number of carboxylic acid groups (broad SMARTS) is 1. The summed E-state index contributed by atoms with van der Waals surface area (Å²) in [6, 6.07) is 23.6. The van der Waals surface area contributed by atoms with E-state index in [0.717, 1.165) is 47.9 Å². The van der Waals surface area contributed by atoms with Crippen molar-refractivity contribution in [2.24, 2.45) is 0 Å². The fourth-order valence-electron chi connectivity index (χ4n) is 11.2. The van der Waals surface area contributed by atoms with Crippen LogP contribution in [0.1, 0.15) is 504 Å². The number of hydrogen-bond acceptors (Lipinski definition) is 19. The largest absolute Gasteiger partial charge is 0.513 e. The van der Waals surface area contributed by atoms with Gasteiger partial charge in [-0.2, -0.15) is 0 Å². The minimum atomic E-state index is -3.99. The van der Waals surface area contributed by atoms with Gasteiger partial charge in [-0.25, -0.2) is 9.59 Å². The number of carbonyl (C=O) groups excluding carboxylic acids is 2. The maximum atomic E-state index is 13.4. The lowest BCUT2D eigenvalue weighted by Gasteiger charge is -2.28. The van der Waals surface area contributed by atoms with Gasteiger partial charge < -0.3 is 82.2 Å². The minimum absolute atomic E-state index is 0. The van der Waals surface area contributed by atoms with Crippen molar-refractivity contribution in [1.29, 1.82) is 4.04 Å². The van der Waals surface area contributed by atoms with E-state index in [2.05, 4.69) is 42.6 Å². The molecule has 0 aliphatic carbocycles. The highest BCUT2D eigenvalue weighted by atomic mass is 35.5. The molecule has 1 amide bonds. The monoisotopic (exact) mass is 2200 g/mol. The molecule has 820 valence electrons. The first-order valence-corrected chi connectivity index (χ1v) is 40.3. The second-order valence-corrected chi connectivity index (χ2v) is 32.2. The van der Waals surface area contributed by atoms with Crippen molar-refractivity contribution < 1.29 is 216 Å². The number of phenols is 7. The molecule has 24 nitrogen and oxygen atoms in total. The predicted octanol–water partition coefficient (Wildman–Crippen LogP) is 30.8. The van der Waals surface area contributed by atoms with Gasteiger partial charge in [0.1, 0.15) is 58.3 Å². The molecule has 26 heteroatoms. The fraction of sp³-hybridized carbons (Fsp3) is 0.439. The number of hydrogen-bond donors (Lipinski definition) is 14. The summed E-state index contributed by atoms with van der Waals surface area (Å²) in [6.45, 7) is -111. The van der Waals surface area contributed by atoms with Gasteiger partial charge in [0.05, 0.1) is 33.3 Å². The van der Waals surface area contributed by atoms with Crippen molar-refractivity contribution >= 4 is 87.3 Å². The number of nitrogens with zero attached hydrogens (tertiary/aromatic N) is 1. The maximum Gasteiger partial charge on any atom is 0.513 e. The number of nitrogens with one attached hydrogen (secondary N) is 3. The Labute approximate surface area is 1050 Å². The number of H-pyrrole nitrogens is 2. The second kappa shape index (κ2) is 53.9. The Morgan fingerprint density at radius 2 is 0.779 bits per heavy atom. The summed E-state index contributed by atoms with van der Waals surface area (Å²) in [7, 11) is 0.824. The molecule has 10 aromatic carbocycles. The number of nitro benzene ring substituents is 1. The van der Waals surface area contributed by atoms with Crippen LogP contribution in [0, 0.1) is 10.1 Å². The zero-order chi connectivity index (χ0) is 202. The van der Waals surface area contributed by atoms with Gasteiger partial charge in [0.25, 0.3) is 13.0 Å². The molecule has 0 saturated heterocycles. The van der Waals surface area contributed by atoms with Crippen LogP contribution in [0.5, 0.6) is 46.0 Å². The average Bonchev–Trinajstić information content (AvgIpc) is 0.740. The number of amides is 1. The molecule has 0 saturated carbocycles. The van der Waals surface area contributed by atoms with Crippen LogP contribution in [-0.2, 0) is 69.7 Å². The van der Waals surface area contributed by atoms with E-state index >= 15 is 0 Å². The van der Waals surface area contributed by atoms with E-state index in [1.165, 1.54) is 30.5 Å². The van der Waals surface area contributed by atoms with E-state index < -0.39 is 477 Å². The van der Waals surface area contributed by atoms with Crippen molar-refractivity contribution in [3.05, 3.63) is 315 Å². The molecular formula is C123H176Cl2N6O18. The number of aromatic carboxylic acids is 1.